The molecular weight excluding hydrogens is 348 g/mol. The number of piperidine rings is 1. The van der Waals surface area contributed by atoms with Gasteiger partial charge >= 0.3 is 0 Å². The van der Waals surface area contributed by atoms with Crippen LogP contribution in [0, 0.1) is 5.92 Å². The number of hydrogen-bond donors (Lipinski definition) is 2. The molecule has 1 fully saturated rings. The summed E-state index contributed by atoms with van der Waals surface area (Å²) in [5, 5.41) is 2.59. The second kappa shape index (κ2) is 6.68. The van der Waals surface area contributed by atoms with E-state index >= 15 is 0 Å². The fraction of sp³-hybridized carbons (Fsp3) is 0.632. The highest BCUT2D eigenvalue weighted by Gasteiger charge is 2.46. The molecule has 6 nitrogen and oxygen atoms in total. The van der Waals surface area contributed by atoms with Gasteiger partial charge in [0.15, 0.2) is 5.96 Å². The fourth-order valence-electron chi connectivity index (χ4n) is 4.48. The first-order valence-corrected chi connectivity index (χ1v) is 10.4. The van der Waals surface area contributed by atoms with Crippen LogP contribution in [-0.2, 0) is 17.6 Å². The first-order chi connectivity index (χ1) is 12.5. The molecule has 1 aromatic rings. The lowest BCUT2D eigenvalue weighted by Crippen LogP contribution is -2.50. The molecule has 3 N–H and O–H groups in total. The Bertz CT molecular complexity index is 762. The van der Waals surface area contributed by atoms with E-state index in [0.717, 1.165) is 23.6 Å². The zero-order chi connectivity index (χ0) is 18.3. The molecule has 7 heteroatoms. The molecule has 140 valence electrons. The van der Waals surface area contributed by atoms with Crippen molar-refractivity contribution in [2.45, 2.75) is 57.4 Å². The molecule has 1 atom stereocenters. The predicted molar refractivity (Wildman–Crippen MR) is 102 cm³/mol. The smallest absolute Gasteiger partial charge is 0.263 e. The van der Waals surface area contributed by atoms with Gasteiger partial charge in [-0.1, -0.05) is 19.8 Å². The molecule has 0 saturated carbocycles. The Balaban J connectivity index is 1.43. The van der Waals surface area contributed by atoms with E-state index in [1.807, 2.05) is 4.90 Å². The third-order valence-corrected chi connectivity index (χ3v) is 7.19. The van der Waals surface area contributed by atoms with Crippen LogP contribution in [0.1, 0.15) is 59.1 Å². The Labute approximate surface area is 157 Å². The van der Waals surface area contributed by atoms with E-state index in [2.05, 4.69) is 23.3 Å². The monoisotopic (exact) mass is 374 g/mol. The number of guanidine groups is 1. The molecule has 0 aromatic carbocycles. The van der Waals surface area contributed by atoms with Crippen molar-refractivity contribution in [1.29, 1.82) is 0 Å². The second-order valence-corrected chi connectivity index (χ2v) is 8.87. The molecule has 2 aliphatic heterocycles. The minimum atomic E-state index is -0.761. The molecule has 2 amide bonds. The summed E-state index contributed by atoms with van der Waals surface area (Å²) >= 11 is 1.66. The number of nitrogens with zero attached hydrogens (tertiary/aromatic N) is 2. The number of rotatable bonds is 3. The van der Waals surface area contributed by atoms with Crippen molar-refractivity contribution in [1.82, 2.24) is 10.2 Å². The molecule has 0 bridgehead atoms. The van der Waals surface area contributed by atoms with Crippen LogP contribution in [-0.4, -0.2) is 41.3 Å². The number of aryl methyl sites for hydroxylation is 1. The Morgan fingerprint density at radius 1 is 1.46 bits per heavy atom. The number of thiophene rings is 1. The molecule has 3 aliphatic rings. The SMILES string of the molecule is CCCC1CCc2sc(C(=O)N3CCC4(CC3)N=C(N)NC4=O)cc2C1. The first-order valence-electron chi connectivity index (χ1n) is 9.58. The van der Waals surface area contributed by atoms with Gasteiger partial charge in [0.1, 0.15) is 5.54 Å². The van der Waals surface area contributed by atoms with Crippen molar-refractivity contribution < 1.29 is 9.59 Å². The van der Waals surface area contributed by atoms with Gasteiger partial charge in [0.2, 0.25) is 0 Å². The Morgan fingerprint density at radius 3 is 2.88 bits per heavy atom. The highest BCUT2D eigenvalue weighted by atomic mass is 32.1. The Kier molecular flexibility index (Phi) is 4.50. The maximum Gasteiger partial charge on any atom is 0.263 e. The van der Waals surface area contributed by atoms with Gasteiger partial charge < -0.3 is 10.6 Å². The molecule has 1 saturated heterocycles. The average Bonchev–Trinajstić information content (AvgIpc) is 3.16. The van der Waals surface area contributed by atoms with Crippen LogP contribution in [0.5, 0.6) is 0 Å². The van der Waals surface area contributed by atoms with Gasteiger partial charge in [-0.05, 0) is 49.7 Å². The summed E-state index contributed by atoms with van der Waals surface area (Å²) in [7, 11) is 0. The first kappa shape index (κ1) is 17.5. The number of aliphatic imine (C=N–C) groups is 1. The topological polar surface area (TPSA) is 87.8 Å². The van der Waals surface area contributed by atoms with Crippen LogP contribution in [0.25, 0.3) is 0 Å². The van der Waals surface area contributed by atoms with Gasteiger partial charge in [0.05, 0.1) is 4.88 Å². The van der Waals surface area contributed by atoms with Gasteiger partial charge in [-0.25, -0.2) is 4.99 Å². The summed E-state index contributed by atoms with van der Waals surface area (Å²) in [5.74, 6) is 0.934. The fourth-order valence-corrected chi connectivity index (χ4v) is 5.65. The number of carbonyl (C=O) groups excluding carboxylic acids is 2. The Hall–Kier alpha value is -1.89. The molecule has 4 rings (SSSR count). The van der Waals surface area contributed by atoms with E-state index in [-0.39, 0.29) is 17.8 Å². The number of nitrogens with two attached hydrogens (primary N) is 1. The van der Waals surface area contributed by atoms with E-state index in [4.69, 9.17) is 5.73 Å². The molecule has 26 heavy (non-hydrogen) atoms. The molecule has 3 heterocycles. The van der Waals surface area contributed by atoms with Crippen LogP contribution in [0.4, 0.5) is 0 Å². The minimum Gasteiger partial charge on any atom is -0.370 e. The zero-order valence-corrected chi connectivity index (χ0v) is 16.0. The second-order valence-electron chi connectivity index (χ2n) is 7.73. The number of carbonyl (C=O) groups is 2. The lowest BCUT2D eigenvalue weighted by molar-refractivity contribution is -0.125. The minimum absolute atomic E-state index is 0.0987. The normalized spacial score (nSPS) is 24.3. The summed E-state index contributed by atoms with van der Waals surface area (Å²) in [6, 6.07) is 2.12. The number of nitrogens with one attached hydrogen (secondary N) is 1. The number of amides is 2. The highest BCUT2D eigenvalue weighted by Crippen LogP contribution is 2.36. The number of fused-ring (bicyclic) bond motifs is 1. The van der Waals surface area contributed by atoms with Crippen LogP contribution < -0.4 is 11.1 Å². The van der Waals surface area contributed by atoms with Crippen molar-refractivity contribution in [3.05, 3.63) is 21.4 Å². The summed E-state index contributed by atoms with van der Waals surface area (Å²) in [4.78, 5) is 33.5. The summed E-state index contributed by atoms with van der Waals surface area (Å²) in [6.07, 6.45) is 7.05. The molecule has 1 unspecified atom stereocenters. The van der Waals surface area contributed by atoms with Crippen LogP contribution in [0.2, 0.25) is 0 Å². The lowest BCUT2D eigenvalue weighted by Gasteiger charge is -2.35. The van der Waals surface area contributed by atoms with Crippen LogP contribution >= 0.6 is 11.3 Å². The van der Waals surface area contributed by atoms with Gasteiger partial charge in [-0.3, -0.25) is 14.9 Å². The van der Waals surface area contributed by atoms with Gasteiger partial charge in [0, 0.05) is 18.0 Å². The van der Waals surface area contributed by atoms with E-state index in [0.29, 0.717) is 25.9 Å². The van der Waals surface area contributed by atoms with E-state index in [9.17, 15) is 9.59 Å². The summed E-state index contributed by atoms with van der Waals surface area (Å²) in [5.41, 5.74) is 6.26. The number of hydrogen-bond acceptors (Lipinski definition) is 5. The third-order valence-electron chi connectivity index (χ3n) is 5.97. The van der Waals surface area contributed by atoms with Gasteiger partial charge in [-0.2, -0.15) is 0 Å². The average molecular weight is 375 g/mol. The van der Waals surface area contributed by atoms with Crippen molar-refractivity contribution in [3.8, 4) is 0 Å². The standard InChI is InChI=1S/C19H26N4O2S/c1-2-3-12-4-5-14-13(10-12)11-15(26-14)16(24)23-8-6-19(7-9-23)17(25)21-18(20)22-19/h11-12H,2-10H2,1H3,(H3,20,21,22,25). The van der Waals surface area contributed by atoms with E-state index < -0.39 is 5.54 Å². The molecule has 1 spiro atoms. The molecule has 1 aliphatic carbocycles. The van der Waals surface area contributed by atoms with Crippen molar-refractivity contribution in [3.63, 3.8) is 0 Å². The molecule has 1 aromatic heterocycles. The van der Waals surface area contributed by atoms with Gasteiger partial charge in [0.25, 0.3) is 11.8 Å². The molecular formula is C19H26N4O2S. The van der Waals surface area contributed by atoms with E-state index in [1.165, 1.54) is 29.7 Å². The maximum absolute atomic E-state index is 12.9. The van der Waals surface area contributed by atoms with Gasteiger partial charge in [-0.15, -0.1) is 11.3 Å². The summed E-state index contributed by atoms with van der Waals surface area (Å²) < 4.78 is 0. The lowest BCUT2D eigenvalue weighted by atomic mass is 9.85. The predicted octanol–water partition coefficient (Wildman–Crippen LogP) is 2.07. The number of likely N-dealkylation sites (tertiary alicyclic amines) is 1. The van der Waals surface area contributed by atoms with Crippen molar-refractivity contribution >= 4 is 29.1 Å². The quantitative estimate of drug-likeness (QED) is 0.849. The van der Waals surface area contributed by atoms with Crippen LogP contribution in [0.15, 0.2) is 11.1 Å². The van der Waals surface area contributed by atoms with Crippen molar-refractivity contribution in [2.75, 3.05) is 13.1 Å². The largest absolute Gasteiger partial charge is 0.370 e. The summed E-state index contributed by atoms with van der Waals surface area (Å²) in [6.45, 7) is 3.33. The van der Waals surface area contributed by atoms with E-state index in [1.54, 1.807) is 11.3 Å². The Morgan fingerprint density at radius 2 is 2.23 bits per heavy atom. The van der Waals surface area contributed by atoms with Crippen molar-refractivity contribution in [2.24, 2.45) is 16.6 Å². The highest BCUT2D eigenvalue weighted by molar-refractivity contribution is 7.14. The zero-order valence-electron chi connectivity index (χ0n) is 15.2. The maximum atomic E-state index is 12.9. The third kappa shape index (κ3) is 3.02. The molecule has 0 radical (unpaired) electrons. The van der Waals surface area contributed by atoms with Crippen LogP contribution in [0.3, 0.4) is 0 Å².